The number of thiazole rings is 1. The van der Waals surface area contributed by atoms with E-state index in [2.05, 4.69) is 43.5 Å². The van der Waals surface area contributed by atoms with Gasteiger partial charge in [-0.05, 0) is 6.07 Å². The van der Waals surface area contributed by atoms with Crippen molar-refractivity contribution in [1.29, 1.82) is 0 Å². The third-order valence-corrected chi connectivity index (χ3v) is 4.79. The van der Waals surface area contributed by atoms with Gasteiger partial charge in [-0.2, -0.15) is 5.10 Å². The lowest BCUT2D eigenvalue weighted by molar-refractivity contribution is 0.848. The summed E-state index contributed by atoms with van der Waals surface area (Å²) in [5.41, 5.74) is 3.19. The van der Waals surface area contributed by atoms with E-state index in [0.717, 1.165) is 26.1 Å². The molecule has 0 radical (unpaired) electrons. The van der Waals surface area contributed by atoms with Gasteiger partial charge in [0.15, 0.2) is 0 Å². The summed E-state index contributed by atoms with van der Waals surface area (Å²) in [6, 6.07) is 18.2. The number of aromatic nitrogens is 1. The minimum Gasteiger partial charge on any atom is -0.261 e. The maximum absolute atomic E-state index is 4.62. The van der Waals surface area contributed by atoms with Crippen molar-refractivity contribution in [2.75, 3.05) is 7.05 Å². The SMILES string of the molecule is CN=c1scc(-c2ccccc2)n1N=Cc1ccccc1Br. The van der Waals surface area contributed by atoms with E-state index in [1.165, 1.54) is 0 Å². The van der Waals surface area contributed by atoms with Crippen LogP contribution >= 0.6 is 27.3 Å². The summed E-state index contributed by atoms with van der Waals surface area (Å²) in [5.74, 6) is 0. The van der Waals surface area contributed by atoms with Gasteiger partial charge >= 0.3 is 0 Å². The van der Waals surface area contributed by atoms with E-state index in [-0.39, 0.29) is 0 Å². The molecule has 0 aliphatic heterocycles. The van der Waals surface area contributed by atoms with Crippen LogP contribution in [0.25, 0.3) is 11.3 Å². The highest BCUT2D eigenvalue weighted by Crippen LogP contribution is 2.20. The summed E-state index contributed by atoms with van der Waals surface area (Å²) in [5, 5.41) is 6.70. The van der Waals surface area contributed by atoms with Crippen LogP contribution in [-0.4, -0.2) is 17.9 Å². The van der Waals surface area contributed by atoms with Crippen molar-refractivity contribution in [2.24, 2.45) is 10.1 Å². The van der Waals surface area contributed by atoms with Crippen molar-refractivity contribution in [2.45, 2.75) is 0 Å². The number of hydrogen-bond acceptors (Lipinski definition) is 3. The Morgan fingerprint density at radius 3 is 2.50 bits per heavy atom. The van der Waals surface area contributed by atoms with Gasteiger partial charge in [0.25, 0.3) is 0 Å². The van der Waals surface area contributed by atoms with E-state index in [4.69, 9.17) is 0 Å². The second-order valence-corrected chi connectivity index (χ2v) is 6.26. The number of benzene rings is 2. The first kappa shape index (κ1) is 14.9. The molecule has 0 atom stereocenters. The lowest BCUT2D eigenvalue weighted by Crippen LogP contribution is -2.11. The van der Waals surface area contributed by atoms with Gasteiger partial charge in [0.2, 0.25) is 4.80 Å². The van der Waals surface area contributed by atoms with Gasteiger partial charge in [0.1, 0.15) is 0 Å². The smallest absolute Gasteiger partial charge is 0.205 e. The quantitative estimate of drug-likeness (QED) is 0.611. The molecule has 0 amide bonds. The molecule has 1 heterocycles. The van der Waals surface area contributed by atoms with Crippen LogP contribution in [-0.2, 0) is 0 Å². The van der Waals surface area contributed by atoms with E-state index in [9.17, 15) is 0 Å². The number of rotatable bonds is 3. The number of nitrogens with zero attached hydrogens (tertiary/aromatic N) is 3. The van der Waals surface area contributed by atoms with Crippen molar-refractivity contribution in [3.05, 3.63) is 74.8 Å². The zero-order valence-corrected chi connectivity index (χ0v) is 14.4. The number of halogens is 1. The molecule has 0 fully saturated rings. The minimum atomic E-state index is 0.863. The average Bonchev–Trinajstić information content (AvgIpc) is 2.98. The van der Waals surface area contributed by atoms with E-state index in [1.54, 1.807) is 18.4 Å². The molecule has 3 nitrogen and oxygen atoms in total. The Morgan fingerprint density at radius 1 is 1.05 bits per heavy atom. The molecule has 22 heavy (non-hydrogen) atoms. The van der Waals surface area contributed by atoms with E-state index >= 15 is 0 Å². The Morgan fingerprint density at radius 2 is 1.77 bits per heavy atom. The molecule has 3 aromatic rings. The molecule has 110 valence electrons. The highest BCUT2D eigenvalue weighted by Gasteiger charge is 2.06. The first-order chi connectivity index (χ1) is 10.8. The van der Waals surface area contributed by atoms with Gasteiger partial charge in [0, 0.05) is 28.0 Å². The topological polar surface area (TPSA) is 29.6 Å². The lowest BCUT2D eigenvalue weighted by atomic mass is 10.2. The molecule has 0 saturated heterocycles. The third kappa shape index (κ3) is 3.10. The summed E-state index contributed by atoms with van der Waals surface area (Å²) >= 11 is 5.12. The maximum atomic E-state index is 4.62. The Labute approximate surface area is 141 Å². The maximum Gasteiger partial charge on any atom is 0.205 e. The largest absolute Gasteiger partial charge is 0.261 e. The van der Waals surface area contributed by atoms with Crippen LogP contribution in [0.1, 0.15) is 5.56 Å². The molecule has 0 aliphatic rings. The van der Waals surface area contributed by atoms with Gasteiger partial charge in [0.05, 0.1) is 11.9 Å². The first-order valence-electron chi connectivity index (χ1n) is 6.77. The van der Waals surface area contributed by atoms with Gasteiger partial charge in [-0.25, -0.2) is 4.68 Å². The molecule has 0 aliphatic carbocycles. The normalized spacial score (nSPS) is 12.2. The van der Waals surface area contributed by atoms with Crippen LogP contribution in [0.5, 0.6) is 0 Å². The second-order valence-electron chi connectivity index (χ2n) is 4.57. The molecule has 1 aromatic heterocycles. The van der Waals surface area contributed by atoms with E-state index in [0.29, 0.717) is 0 Å². The molecule has 0 bridgehead atoms. The summed E-state index contributed by atoms with van der Waals surface area (Å²) in [4.78, 5) is 5.17. The van der Waals surface area contributed by atoms with Crippen molar-refractivity contribution < 1.29 is 0 Å². The minimum absolute atomic E-state index is 0.863. The fourth-order valence-electron chi connectivity index (χ4n) is 2.07. The molecule has 2 aromatic carbocycles. The van der Waals surface area contributed by atoms with Crippen LogP contribution in [0, 0.1) is 0 Å². The van der Waals surface area contributed by atoms with Gasteiger partial charge in [-0.3, -0.25) is 4.99 Å². The monoisotopic (exact) mass is 371 g/mol. The number of hydrogen-bond donors (Lipinski definition) is 0. The molecular formula is C17H14BrN3S. The average molecular weight is 372 g/mol. The van der Waals surface area contributed by atoms with Crippen LogP contribution < -0.4 is 4.80 Å². The summed E-state index contributed by atoms with van der Waals surface area (Å²) in [6.45, 7) is 0. The summed E-state index contributed by atoms with van der Waals surface area (Å²) < 4.78 is 2.89. The van der Waals surface area contributed by atoms with Crippen molar-refractivity contribution >= 4 is 33.5 Å². The van der Waals surface area contributed by atoms with Crippen LogP contribution in [0.2, 0.25) is 0 Å². The van der Waals surface area contributed by atoms with E-state index in [1.807, 2.05) is 53.4 Å². The molecule has 0 unspecified atom stereocenters. The third-order valence-electron chi connectivity index (χ3n) is 3.16. The fraction of sp³-hybridized carbons (Fsp3) is 0.0588. The first-order valence-corrected chi connectivity index (χ1v) is 8.44. The van der Waals surface area contributed by atoms with Crippen molar-refractivity contribution in [3.63, 3.8) is 0 Å². The molecule has 3 rings (SSSR count). The Kier molecular flexibility index (Phi) is 4.65. The van der Waals surface area contributed by atoms with Gasteiger partial charge < -0.3 is 0 Å². The lowest BCUT2D eigenvalue weighted by Gasteiger charge is -2.03. The van der Waals surface area contributed by atoms with Crippen LogP contribution in [0.15, 0.2) is 74.5 Å². The van der Waals surface area contributed by atoms with E-state index < -0.39 is 0 Å². The Bertz CT molecular complexity index is 863. The predicted molar refractivity (Wildman–Crippen MR) is 96.4 cm³/mol. The Balaban J connectivity index is 2.07. The molecule has 5 heteroatoms. The van der Waals surface area contributed by atoms with Gasteiger partial charge in [-0.1, -0.05) is 64.5 Å². The molecule has 0 saturated carbocycles. The van der Waals surface area contributed by atoms with Crippen LogP contribution in [0.3, 0.4) is 0 Å². The highest BCUT2D eigenvalue weighted by molar-refractivity contribution is 9.10. The highest BCUT2D eigenvalue weighted by atomic mass is 79.9. The summed E-state index contributed by atoms with van der Waals surface area (Å²) in [6.07, 6.45) is 1.85. The molecular weight excluding hydrogens is 358 g/mol. The van der Waals surface area contributed by atoms with Crippen LogP contribution in [0.4, 0.5) is 0 Å². The zero-order valence-electron chi connectivity index (χ0n) is 12.0. The predicted octanol–water partition coefficient (Wildman–Crippen LogP) is 4.39. The molecule has 0 spiro atoms. The van der Waals surface area contributed by atoms with Gasteiger partial charge in [-0.15, -0.1) is 11.3 Å². The van der Waals surface area contributed by atoms with Crippen molar-refractivity contribution in [1.82, 2.24) is 4.68 Å². The molecule has 0 N–H and O–H groups in total. The Hall–Kier alpha value is -1.98. The standard InChI is InChI=1S/C17H14BrN3S/c1-19-17-21(20-11-14-9-5-6-10-15(14)18)16(12-22-17)13-7-3-2-4-8-13/h2-12H,1H3. The zero-order chi connectivity index (χ0) is 15.4. The second kappa shape index (κ2) is 6.85. The van der Waals surface area contributed by atoms with Crippen molar-refractivity contribution in [3.8, 4) is 11.3 Å². The fourth-order valence-corrected chi connectivity index (χ4v) is 3.26. The summed E-state index contributed by atoms with van der Waals surface area (Å²) in [7, 11) is 1.78.